The number of nitrogens with zero attached hydrogens (tertiary/aromatic N) is 1. The second-order valence-corrected chi connectivity index (χ2v) is 5.78. The van der Waals surface area contributed by atoms with E-state index in [1.165, 1.54) is 0 Å². The van der Waals surface area contributed by atoms with Crippen LogP contribution in [-0.4, -0.2) is 46.2 Å². The van der Waals surface area contributed by atoms with E-state index in [1.54, 1.807) is 7.11 Å². The number of ether oxygens (including phenoxy) is 1. The van der Waals surface area contributed by atoms with E-state index in [0.29, 0.717) is 12.3 Å². The van der Waals surface area contributed by atoms with Crippen molar-refractivity contribution in [2.45, 2.75) is 19.3 Å². The predicted molar refractivity (Wildman–Crippen MR) is 104 cm³/mol. The largest absolute Gasteiger partial charge is 0.495 e. The van der Waals surface area contributed by atoms with E-state index < -0.39 is 0 Å². The number of nitrogens with one attached hydrogen (secondary N) is 2. The number of carbonyl (C=O) groups excluding carboxylic acids is 1. The van der Waals surface area contributed by atoms with E-state index in [4.69, 9.17) is 4.74 Å². The first-order chi connectivity index (χ1) is 10.7. The Morgan fingerprint density at radius 2 is 2.08 bits per heavy atom. The molecule has 2 N–H and O–H groups in total. The van der Waals surface area contributed by atoms with Gasteiger partial charge in [0.25, 0.3) is 0 Å². The fourth-order valence-corrected chi connectivity index (χ4v) is 2.88. The van der Waals surface area contributed by atoms with Crippen molar-refractivity contribution in [1.29, 1.82) is 0 Å². The first-order valence-electron chi connectivity index (χ1n) is 8.04. The van der Waals surface area contributed by atoms with Crippen LogP contribution in [0, 0.1) is 5.92 Å². The van der Waals surface area contributed by atoms with Crippen molar-refractivity contribution >= 4 is 36.4 Å². The number of para-hydroxylation sites is 2. The number of carbonyl (C=O) groups is 1. The fraction of sp³-hybridized carbons (Fsp3) is 0.588. The molecule has 1 aliphatic heterocycles. The first-order valence-corrected chi connectivity index (χ1v) is 8.04. The van der Waals surface area contributed by atoms with Crippen LogP contribution in [0.15, 0.2) is 24.3 Å². The summed E-state index contributed by atoms with van der Waals surface area (Å²) in [5.74, 6) is 1.59. The number of rotatable bonds is 8. The average Bonchev–Trinajstić information content (AvgIpc) is 3.02. The van der Waals surface area contributed by atoms with E-state index in [2.05, 4.69) is 21.6 Å². The summed E-state index contributed by atoms with van der Waals surface area (Å²) in [5.41, 5.74) is 1.15. The average molecular weight is 378 g/mol. The highest BCUT2D eigenvalue weighted by molar-refractivity contribution is 5.85. The molecule has 24 heavy (non-hydrogen) atoms. The summed E-state index contributed by atoms with van der Waals surface area (Å²) in [6.07, 6.45) is 2.60. The Morgan fingerprint density at radius 3 is 2.79 bits per heavy atom. The van der Waals surface area contributed by atoms with Gasteiger partial charge in [0, 0.05) is 26.1 Å². The maximum absolute atomic E-state index is 11.8. The smallest absolute Gasteiger partial charge is 0.220 e. The van der Waals surface area contributed by atoms with Gasteiger partial charge in [-0.15, -0.1) is 24.8 Å². The topological polar surface area (TPSA) is 53.6 Å². The Morgan fingerprint density at radius 1 is 1.33 bits per heavy atom. The summed E-state index contributed by atoms with van der Waals surface area (Å²) < 4.78 is 5.43. The van der Waals surface area contributed by atoms with Crippen molar-refractivity contribution in [2.24, 2.45) is 5.92 Å². The minimum Gasteiger partial charge on any atom is -0.495 e. The van der Waals surface area contributed by atoms with Crippen LogP contribution in [-0.2, 0) is 4.79 Å². The third-order valence-corrected chi connectivity index (χ3v) is 4.13. The molecule has 5 nitrogen and oxygen atoms in total. The zero-order chi connectivity index (χ0) is 15.8. The molecule has 1 heterocycles. The maximum Gasteiger partial charge on any atom is 0.220 e. The standard InChI is InChI=1S/C17H27N3O2.2ClH/c1-18-10-5-8-17(21)19-12-14-9-11-20(13-14)15-6-3-4-7-16(15)22-2;;/h3-4,6-7,14,18H,5,8-13H2,1-2H3,(H,19,21);2*1H. The molecule has 1 aromatic carbocycles. The summed E-state index contributed by atoms with van der Waals surface area (Å²) >= 11 is 0. The Balaban J connectivity index is 0.00000264. The highest BCUT2D eigenvalue weighted by atomic mass is 35.5. The molecule has 0 spiro atoms. The molecule has 1 fully saturated rings. The SMILES string of the molecule is CNCCCC(=O)NCC1CCN(c2ccccc2OC)C1.Cl.Cl. The van der Waals surface area contributed by atoms with Gasteiger partial charge in [-0.3, -0.25) is 4.79 Å². The Labute approximate surface area is 157 Å². The van der Waals surface area contributed by atoms with Crippen LogP contribution in [0.1, 0.15) is 19.3 Å². The van der Waals surface area contributed by atoms with Gasteiger partial charge in [0.05, 0.1) is 12.8 Å². The molecule has 0 aliphatic carbocycles. The number of hydrogen-bond donors (Lipinski definition) is 2. The molecule has 0 aromatic heterocycles. The number of methoxy groups -OCH3 is 1. The van der Waals surface area contributed by atoms with Crippen molar-refractivity contribution in [3.63, 3.8) is 0 Å². The van der Waals surface area contributed by atoms with E-state index in [0.717, 1.165) is 50.5 Å². The van der Waals surface area contributed by atoms with Crippen LogP contribution in [0.2, 0.25) is 0 Å². The zero-order valence-corrected chi connectivity index (χ0v) is 16.0. The van der Waals surface area contributed by atoms with Gasteiger partial charge in [-0.2, -0.15) is 0 Å². The van der Waals surface area contributed by atoms with Crippen LogP contribution in [0.4, 0.5) is 5.69 Å². The number of benzene rings is 1. The van der Waals surface area contributed by atoms with Gasteiger partial charge in [-0.05, 0) is 44.5 Å². The molecular formula is C17H29Cl2N3O2. The minimum absolute atomic E-state index is 0. The molecule has 0 bridgehead atoms. The lowest BCUT2D eigenvalue weighted by atomic mass is 10.1. The first kappa shape index (κ1) is 22.8. The van der Waals surface area contributed by atoms with Crippen LogP contribution in [0.3, 0.4) is 0 Å². The van der Waals surface area contributed by atoms with Gasteiger partial charge < -0.3 is 20.3 Å². The van der Waals surface area contributed by atoms with Crippen molar-refractivity contribution in [3.05, 3.63) is 24.3 Å². The molecule has 1 saturated heterocycles. The van der Waals surface area contributed by atoms with Gasteiger partial charge in [0.1, 0.15) is 5.75 Å². The second-order valence-electron chi connectivity index (χ2n) is 5.78. The number of halogens is 2. The molecular weight excluding hydrogens is 349 g/mol. The van der Waals surface area contributed by atoms with E-state index in [-0.39, 0.29) is 30.7 Å². The molecule has 1 atom stereocenters. The monoisotopic (exact) mass is 377 g/mol. The van der Waals surface area contributed by atoms with Crippen LogP contribution >= 0.6 is 24.8 Å². The normalized spacial score (nSPS) is 16.1. The molecule has 1 amide bonds. The summed E-state index contributed by atoms with van der Waals surface area (Å²) in [6.45, 7) is 3.64. The highest BCUT2D eigenvalue weighted by Crippen LogP contribution is 2.31. The third-order valence-electron chi connectivity index (χ3n) is 4.13. The summed E-state index contributed by atoms with van der Waals surface area (Å²) in [7, 11) is 3.61. The fourth-order valence-electron chi connectivity index (χ4n) is 2.88. The zero-order valence-electron chi connectivity index (χ0n) is 14.4. The number of hydrogen-bond acceptors (Lipinski definition) is 4. The summed E-state index contributed by atoms with van der Waals surface area (Å²) in [5, 5.41) is 6.12. The lowest BCUT2D eigenvalue weighted by molar-refractivity contribution is -0.121. The minimum atomic E-state index is 0. The van der Waals surface area contributed by atoms with Crippen LogP contribution in [0.5, 0.6) is 5.75 Å². The molecule has 1 unspecified atom stereocenters. The molecule has 0 saturated carbocycles. The third kappa shape index (κ3) is 6.75. The van der Waals surface area contributed by atoms with Crippen molar-refractivity contribution in [2.75, 3.05) is 45.2 Å². The lowest BCUT2D eigenvalue weighted by Crippen LogP contribution is -2.31. The van der Waals surface area contributed by atoms with E-state index in [1.807, 2.05) is 25.2 Å². The maximum atomic E-state index is 11.8. The second kappa shape index (κ2) is 12.2. The van der Waals surface area contributed by atoms with E-state index in [9.17, 15) is 4.79 Å². The van der Waals surface area contributed by atoms with Gasteiger partial charge in [0.15, 0.2) is 0 Å². The Kier molecular flexibility index (Phi) is 11.6. The van der Waals surface area contributed by atoms with Crippen LogP contribution in [0.25, 0.3) is 0 Å². The van der Waals surface area contributed by atoms with Crippen molar-refractivity contribution in [3.8, 4) is 5.75 Å². The summed E-state index contributed by atoms with van der Waals surface area (Å²) in [6, 6.07) is 8.11. The van der Waals surface area contributed by atoms with Crippen LogP contribution < -0.4 is 20.3 Å². The highest BCUT2D eigenvalue weighted by Gasteiger charge is 2.24. The summed E-state index contributed by atoms with van der Waals surface area (Å²) in [4.78, 5) is 14.1. The Hall–Kier alpha value is -1.17. The molecule has 1 aliphatic rings. The molecule has 138 valence electrons. The van der Waals surface area contributed by atoms with Crippen molar-refractivity contribution in [1.82, 2.24) is 10.6 Å². The van der Waals surface area contributed by atoms with Gasteiger partial charge in [0.2, 0.25) is 5.91 Å². The predicted octanol–water partition coefficient (Wildman–Crippen LogP) is 2.48. The molecule has 0 radical (unpaired) electrons. The lowest BCUT2D eigenvalue weighted by Gasteiger charge is -2.21. The van der Waals surface area contributed by atoms with Gasteiger partial charge in [-0.25, -0.2) is 0 Å². The van der Waals surface area contributed by atoms with Crippen molar-refractivity contribution < 1.29 is 9.53 Å². The molecule has 7 heteroatoms. The van der Waals surface area contributed by atoms with Gasteiger partial charge >= 0.3 is 0 Å². The van der Waals surface area contributed by atoms with Gasteiger partial charge in [-0.1, -0.05) is 12.1 Å². The number of amides is 1. The van der Waals surface area contributed by atoms with E-state index >= 15 is 0 Å². The number of anilines is 1. The molecule has 1 aromatic rings. The Bertz CT molecular complexity index is 489. The quantitative estimate of drug-likeness (QED) is 0.683. The molecule has 2 rings (SSSR count).